The molecule has 0 spiro atoms. The zero-order valence-corrected chi connectivity index (χ0v) is 16.6. The largest absolute Gasteiger partial charge is 0.586 e. The number of halogens is 2. The number of hydrogen-bond acceptors (Lipinski definition) is 6. The first-order chi connectivity index (χ1) is 14.0. The van der Waals surface area contributed by atoms with E-state index in [1.54, 1.807) is 11.8 Å². The summed E-state index contributed by atoms with van der Waals surface area (Å²) in [4.78, 5) is 12.5. The van der Waals surface area contributed by atoms with Crippen LogP contribution in [0.2, 0.25) is 0 Å². The highest BCUT2D eigenvalue weighted by Crippen LogP contribution is 2.43. The van der Waals surface area contributed by atoms with Crippen molar-refractivity contribution in [3.05, 3.63) is 42.0 Å². The molecule has 0 unspecified atom stereocenters. The third-order valence-electron chi connectivity index (χ3n) is 5.18. The molecule has 2 aliphatic heterocycles. The predicted molar refractivity (Wildman–Crippen MR) is 108 cm³/mol. The van der Waals surface area contributed by atoms with E-state index in [2.05, 4.69) is 54.5 Å². The number of H-pyrrole nitrogens is 1. The lowest BCUT2D eigenvalue weighted by atomic mass is 10.1. The van der Waals surface area contributed by atoms with Gasteiger partial charge < -0.3 is 24.3 Å². The number of ether oxygens (including phenoxy) is 2. The van der Waals surface area contributed by atoms with Crippen molar-refractivity contribution in [3.63, 3.8) is 0 Å². The van der Waals surface area contributed by atoms with Gasteiger partial charge >= 0.3 is 6.29 Å². The highest BCUT2D eigenvalue weighted by molar-refractivity contribution is 7.98. The van der Waals surface area contributed by atoms with Gasteiger partial charge in [-0.15, -0.1) is 8.78 Å². The molecule has 1 fully saturated rings. The molecule has 6 nitrogen and oxygen atoms in total. The highest BCUT2D eigenvalue weighted by Gasteiger charge is 2.43. The lowest BCUT2D eigenvalue weighted by molar-refractivity contribution is -0.286. The van der Waals surface area contributed by atoms with E-state index < -0.39 is 6.29 Å². The van der Waals surface area contributed by atoms with Crippen molar-refractivity contribution < 1.29 is 18.3 Å². The molecule has 29 heavy (non-hydrogen) atoms. The average molecular weight is 418 g/mol. The molecule has 0 amide bonds. The number of rotatable bonds is 4. The van der Waals surface area contributed by atoms with Crippen molar-refractivity contribution >= 4 is 28.5 Å². The third kappa shape index (κ3) is 3.72. The van der Waals surface area contributed by atoms with E-state index in [-0.39, 0.29) is 11.5 Å². The number of alkyl halides is 2. The Labute approximate surface area is 170 Å². The Bertz CT molecular complexity index is 1010. The van der Waals surface area contributed by atoms with Crippen LogP contribution in [0.4, 0.5) is 14.5 Å². The zero-order valence-electron chi connectivity index (χ0n) is 15.8. The fraction of sp³-hybridized carbons (Fsp3) is 0.350. The second-order valence-corrected chi connectivity index (χ2v) is 8.20. The SMILES string of the molecule is CN1CCN(c2ccccc2CSc2nc3cc4c(cc3[nH]2)OC(F)(F)O4)CC1. The summed E-state index contributed by atoms with van der Waals surface area (Å²) in [6, 6.07) is 11.4. The Morgan fingerprint density at radius 3 is 2.62 bits per heavy atom. The van der Waals surface area contributed by atoms with Crippen LogP contribution < -0.4 is 14.4 Å². The second kappa shape index (κ2) is 7.07. The minimum absolute atomic E-state index is 0.00552. The molecular formula is C20H20F2N4O2S. The number of fused-ring (bicyclic) bond motifs is 2. The highest BCUT2D eigenvalue weighted by atomic mass is 32.2. The van der Waals surface area contributed by atoms with Crippen LogP contribution in [-0.4, -0.2) is 54.4 Å². The number of hydrogen-bond donors (Lipinski definition) is 1. The maximum Gasteiger partial charge on any atom is 0.586 e. The molecule has 3 heterocycles. The monoisotopic (exact) mass is 418 g/mol. The normalized spacial score (nSPS) is 18.5. The maximum atomic E-state index is 13.2. The molecular weight excluding hydrogens is 398 g/mol. The number of para-hydroxylation sites is 1. The molecule has 3 aromatic rings. The molecule has 5 rings (SSSR count). The summed E-state index contributed by atoms with van der Waals surface area (Å²) in [5, 5.41) is 0.726. The van der Waals surface area contributed by atoms with E-state index in [1.165, 1.54) is 23.4 Å². The van der Waals surface area contributed by atoms with E-state index in [9.17, 15) is 8.78 Å². The van der Waals surface area contributed by atoms with Crippen LogP contribution >= 0.6 is 11.8 Å². The van der Waals surface area contributed by atoms with Gasteiger partial charge in [-0.3, -0.25) is 0 Å². The standard InChI is InChI=1S/C20H20F2N4O2S/c1-25-6-8-26(9-7-25)16-5-3-2-4-13(16)12-29-19-23-14-10-17-18(11-15(14)24-19)28-20(21,22)27-17/h2-5,10-11H,6-9,12H2,1H3,(H,23,24). The number of thioether (sulfide) groups is 1. The smallest absolute Gasteiger partial charge is 0.395 e. The first-order valence-corrected chi connectivity index (χ1v) is 10.4. The fourth-order valence-corrected chi connectivity index (χ4v) is 4.52. The number of anilines is 1. The Balaban J connectivity index is 1.33. The number of imidazole rings is 1. The van der Waals surface area contributed by atoms with E-state index in [0.29, 0.717) is 11.0 Å². The molecule has 0 aliphatic carbocycles. The minimum atomic E-state index is -3.62. The molecule has 0 radical (unpaired) electrons. The number of nitrogens with one attached hydrogen (secondary N) is 1. The number of aromatic nitrogens is 2. The van der Waals surface area contributed by atoms with Gasteiger partial charge in [-0.25, -0.2) is 4.98 Å². The quantitative estimate of drug-likeness (QED) is 0.648. The number of likely N-dealkylation sites (N-methyl/N-ethyl adjacent to an activating group) is 1. The van der Waals surface area contributed by atoms with E-state index >= 15 is 0 Å². The lowest BCUT2D eigenvalue weighted by Crippen LogP contribution is -2.44. The van der Waals surface area contributed by atoms with Gasteiger partial charge in [0, 0.05) is 49.8 Å². The zero-order chi connectivity index (χ0) is 20.0. The van der Waals surface area contributed by atoms with Crippen LogP contribution in [0, 0.1) is 0 Å². The van der Waals surface area contributed by atoms with Gasteiger partial charge in [-0.05, 0) is 18.7 Å². The van der Waals surface area contributed by atoms with Gasteiger partial charge in [-0.1, -0.05) is 30.0 Å². The number of piperazine rings is 1. The molecule has 2 aliphatic rings. The van der Waals surface area contributed by atoms with Gasteiger partial charge in [0.2, 0.25) is 0 Å². The first-order valence-electron chi connectivity index (χ1n) is 9.41. The molecule has 0 atom stereocenters. The Morgan fingerprint density at radius 2 is 1.83 bits per heavy atom. The van der Waals surface area contributed by atoms with Crippen LogP contribution in [0.15, 0.2) is 41.6 Å². The topological polar surface area (TPSA) is 53.6 Å². The summed E-state index contributed by atoms with van der Waals surface area (Å²) >= 11 is 1.58. The van der Waals surface area contributed by atoms with E-state index in [0.717, 1.165) is 37.1 Å². The lowest BCUT2D eigenvalue weighted by Gasteiger charge is -2.35. The Kier molecular flexibility index (Phi) is 4.51. The first kappa shape index (κ1) is 18.5. The predicted octanol–water partition coefficient (Wildman–Crippen LogP) is 3.93. The molecule has 1 aromatic heterocycles. The van der Waals surface area contributed by atoms with Crippen LogP contribution in [0.25, 0.3) is 11.0 Å². The van der Waals surface area contributed by atoms with E-state index in [1.807, 2.05) is 6.07 Å². The van der Waals surface area contributed by atoms with Crippen molar-refractivity contribution in [2.24, 2.45) is 0 Å². The number of nitrogens with zero attached hydrogens (tertiary/aromatic N) is 3. The summed E-state index contributed by atoms with van der Waals surface area (Å²) in [6.07, 6.45) is -3.62. The van der Waals surface area contributed by atoms with Crippen molar-refractivity contribution in [3.8, 4) is 11.5 Å². The summed E-state index contributed by atoms with van der Waals surface area (Å²) < 4.78 is 35.4. The summed E-state index contributed by atoms with van der Waals surface area (Å²) in [7, 11) is 2.15. The van der Waals surface area contributed by atoms with Gasteiger partial charge in [0.15, 0.2) is 16.7 Å². The molecule has 2 aromatic carbocycles. The van der Waals surface area contributed by atoms with Crippen LogP contribution in [0.5, 0.6) is 11.5 Å². The molecule has 0 saturated carbocycles. The molecule has 0 bridgehead atoms. The van der Waals surface area contributed by atoms with Gasteiger partial charge in [-0.2, -0.15) is 0 Å². The van der Waals surface area contributed by atoms with Crippen molar-refractivity contribution in [1.29, 1.82) is 0 Å². The van der Waals surface area contributed by atoms with Crippen molar-refractivity contribution in [2.75, 3.05) is 38.1 Å². The van der Waals surface area contributed by atoms with Crippen LogP contribution in [0.1, 0.15) is 5.56 Å². The summed E-state index contributed by atoms with van der Waals surface area (Å²) in [6.45, 7) is 4.13. The van der Waals surface area contributed by atoms with Gasteiger partial charge in [0.1, 0.15) is 0 Å². The Morgan fingerprint density at radius 1 is 1.10 bits per heavy atom. The van der Waals surface area contributed by atoms with Crippen LogP contribution in [0.3, 0.4) is 0 Å². The number of benzene rings is 2. The summed E-state index contributed by atoms with van der Waals surface area (Å²) in [5.74, 6) is 0.779. The van der Waals surface area contributed by atoms with Gasteiger partial charge in [0.05, 0.1) is 11.0 Å². The van der Waals surface area contributed by atoms with Crippen molar-refractivity contribution in [2.45, 2.75) is 17.2 Å². The molecule has 152 valence electrons. The van der Waals surface area contributed by atoms with Crippen LogP contribution in [-0.2, 0) is 5.75 Å². The maximum absolute atomic E-state index is 13.2. The third-order valence-corrected chi connectivity index (χ3v) is 6.11. The second-order valence-electron chi connectivity index (χ2n) is 7.23. The van der Waals surface area contributed by atoms with Crippen molar-refractivity contribution in [1.82, 2.24) is 14.9 Å². The molecule has 1 saturated heterocycles. The summed E-state index contributed by atoms with van der Waals surface area (Å²) in [5.41, 5.74) is 3.71. The minimum Gasteiger partial charge on any atom is -0.395 e. The molecule has 9 heteroatoms. The number of aromatic amines is 1. The molecule has 1 N–H and O–H groups in total. The van der Waals surface area contributed by atoms with E-state index in [4.69, 9.17) is 0 Å². The fourth-order valence-electron chi connectivity index (χ4n) is 3.63. The average Bonchev–Trinajstić information content (AvgIpc) is 3.22. The Hall–Kier alpha value is -2.52. The van der Waals surface area contributed by atoms with Gasteiger partial charge in [0.25, 0.3) is 0 Å².